The van der Waals surface area contributed by atoms with Crippen molar-refractivity contribution in [3.05, 3.63) is 59.7 Å². The van der Waals surface area contributed by atoms with Crippen LogP contribution in [-0.4, -0.2) is 32.9 Å². The Hall–Kier alpha value is -2.53. The third kappa shape index (κ3) is 4.17. The molecule has 1 aliphatic heterocycles. The second-order valence-corrected chi connectivity index (χ2v) is 6.77. The van der Waals surface area contributed by atoms with Crippen molar-refractivity contribution in [1.29, 1.82) is 0 Å². The highest BCUT2D eigenvalue weighted by Gasteiger charge is 2.37. The zero-order chi connectivity index (χ0) is 18.4. The number of carbonyl (C=O) groups is 1. The van der Waals surface area contributed by atoms with E-state index in [1.165, 1.54) is 0 Å². The van der Waals surface area contributed by atoms with Crippen molar-refractivity contribution in [3.63, 3.8) is 0 Å². The molecule has 26 heavy (non-hydrogen) atoms. The van der Waals surface area contributed by atoms with Gasteiger partial charge in [-0.2, -0.15) is 0 Å². The van der Waals surface area contributed by atoms with Crippen LogP contribution in [0.25, 0.3) is 0 Å². The maximum atomic E-state index is 12.4. The van der Waals surface area contributed by atoms with Crippen LogP contribution in [0.5, 0.6) is 5.75 Å². The number of carbonyl (C=O) groups excluding carboxylic acids is 1. The maximum absolute atomic E-state index is 12.4. The average molecular weight is 354 g/mol. The van der Waals surface area contributed by atoms with Crippen LogP contribution in [-0.2, 0) is 10.2 Å². The van der Waals surface area contributed by atoms with Crippen molar-refractivity contribution >= 4 is 11.7 Å². The molecule has 0 aromatic heterocycles. The molecule has 1 heterocycles. The number of hydrogen-bond donors (Lipinski definition) is 2. The lowest BCUT2D eigenvalue weighted by Gasteiger charge is -2.38. The third-order valence-electron chi connectivity index (χ3n) is 5.03. The number of methoxy groups -OCH3 is 1. The summed E-state index contributed by atoms with van der Waals surface area (Å²) in [6, 6.07) is 15.6. The number of ether oxygens (including phenoxy) is 2. The minimum atomic E-state index is -0.199. The summed E-state index contributed by atoms with van der Waals surface area (Å²) in [4.78, 5) is 12.4. The lowest BCUT2D eigenvalue weighted by molar-refractivity contribution is 0.0500. The number of benzene rings is 2. The van der Waals surface area contributed by atoms with E-state index in [9.17, 15) is 4.79 Å². The fraction of sp³-hybridized carbons (Fsp3) is 0.381. The Bertz CT molecular complexity index is 737. The molecule has 1 saturated heterocycles. The van der Waals surface area contributed by atoms with Gasteiger partial charge in [-0.25, -0.2) is 4.79 Å². The molecule has 5 nitrogen and oxygen atoms in total. The predicted molar refractivity (Wildman–Crippen MR) is 103 cm³/mol. The average Bonchev–Trinajstić information content (AvgIpc) is 2.69. The van der Waals surface area contributed by atoms with E-state index in [2.05, 4.69) is 16.7 Å². The first-order valence-corrected chi connectivity index (χ1v) is 8.96. The number of urea groups is 1. The highest BCUT2D eigenvalue weighted by molar-refractivity contribution is 5.89. The van der Waals surface area contributed by atoms with Crippen molar-refractivity contribution in [2.75, 3.05) is 32.2 Å². The lowest BCUT2D eigenvalue weighted by atomic mass is 9.73. The summed E-state index contributed by atoms with van der Waals surface area (Å²) >= 11 is 0. The lowest BCUT2D eigenvalue weighted by Crippen LogP contribution is -2.45. The van der Waals surface area contributed by atoms with Crippen molar-refractivity contribution in [2.45, 2.75) is 25.2 Å². The monoisotopic (exact) mass is 354 g/mol. The van der Waals surface area contributed by atoms with E-state index in [1.54, 1.807) is 7.11 Å². The molecule has 1 fully saturated rings. The molecule has 2 aromatic rings. The van der Waals surface area contributed by atoms with Gasteiger partial charge in [-0.3, -0.25) is 0 Å². The first-order chi connectivity index (χ1) is 12.6. The number of amides is 2. The van der Waals surface area contributed by atoms with Gasteiger partial charge in [-0.1, -0.05) is 35.9 Å². The first-order valence-electron chi connectivity index (χ1n) is 8.96. The third-order valence-corrected chi connectivity index (χ3v) is 5.03. The molecule has 0 spiro atoms. The van der Waals surface area contributed by atoms with Crippen LogP contribution in [0, 0.1) is 6.92 Å². The zero-order valence-electron chi connectivity index (χ0n) is 15.4. The molecule has 3 rings (SSSR count). The Morgan fingerprint density at radius 2 is 1.81 bits per heavy atom. The van der Waals surface area contributed by atoms with Crippen LogP contribution < -0.4 is 15.4 Å². The molecule has 0 unspecified atom stereocenters. The summed E-state index contributed by atoms with van der Waals surface area (Å²) in [6.45, 7) is 3.92. The number of anilines is 1. The summed E-state index contributed by atoms with van der Waals surface area (Å²) < 4.78 is 11.1. The molecule has 2 N–H and O–H groups in total. The van der Waals surface area contributed by atoms with Crippen LogP contribution in [0.3, 0.4) is 0 Å². The summed E-state index contributed by atoms with van der Waals surface area (Å²) in [7, 11) is 1.68. The largest absolute Gasteiger partial charge is 0.496 e. The highest BCUT2D eigenvalue weighted by atomic mass is 16.5. The van der Waals surface area contributed by atoms with Crippen molar-refractivity contribution in [2.24, 2.45) is 0 Å². The molecule has 138 valence electrons. The Labute approximate surface area is 154 Å². The molecule has 2 amide bonds. The quantitative estimate of drug-likeness (QED) is 0.857. The Morgan fingerprint density at radius 3 is 2.50 bits per heavy atom. The fourth-order valence-electron chi connectivity index (χ4n) is 3.45. The number of para-hydroxylation sites is 1. The Kier molecular flexibility index (Phi) is 5.78. The molecule has 0 bridgehead atoms. The Balaban J connectivity index is 1.72. The van der Waals surface area contributed by atoms with E-state index in [0.29, 0.717) is 19.8 Å². The standard InChI is InChI=1S/C21H26N2O3/c1-16-7-9-17(10-8-16)23-20(24)22-15-21(11-13-26-14-12-21)18-5-3-4-6-19(18)25-2/h3-10H,11-15H2,1-2H3,(H2,22,23,24). The summed E-state index contributed by atoms with van der Waals surface area (Å²) in [5, 5.41) is 5.94. The van der Waals surface area contributed by atoms with Gasteiger partial charge < -0.3 is 20.1 Å². The molecule has 0 saturated carbocycles. The normalized spacial score (nSPS) is 15.9. The molecule has 0 aliphatic carbocycles. The van der Waals surface area contributed by atoms with Crippen LogP contribution in [0.1, 0.15) is 24.0 Å². The molecule has 2 aromatic carbocycles. The van der Waals surface area contributed by atoms with E-state index in [-0.39, 0.29) is 11.4 Å². The molecule has 0 atom stereocenters. The fourth-order valence-corrected chi connectivity index (χ4v) is 3.45. The SMILES string of the molecule is COc1ccccc1C1(CNC(=O)Nc2ccc(C)cc2)CCOCC1. The number of hydrogen-bond acceptors (Lipinski definition) is 3. The predicted octanol–water partition coefficient (Wildman–Crippen LogP) is 3.87. The van der Waals surface area contributed by atoms with E-state index < -0.39 is 0 Å². The van der Waals surface area contributed by atoms with Crippen LogP contribution >= 0.6 is 0 Å². The first kappa shape index (κ1) is 18.3. The minimum absolute atomic E-state index is 0.185. The van der Waals surface area contributed by atoms with Gasteiger partial charge in [0.05, 0.1) is 7.11 Å². The minimum Gasteiger partial charge on any atom is -0.496 e. The summed E-state index contributed by atoms with van der Waals surface area (Å²) in [5.74, 6) is 0.857. The van der Waals surface area contributed by atoms with Gasteiger partial charge in [0.25, 0.3) is 0 Å². The van der Waals surface area contributed by atoms with Gasteiger partial charge in [0.1, 0.15) is 5.75 Å². The van der Waals surface area contributed by atoms with E-state index >= 15 is 0 Å². The van der Waals surface area contributed by atoms with Gasteiger partial charge in [-0.05, 0) is 38.0 Å². The summed E-state index contributed by atoms with van der Waals surface area (Å²) in [5.41, 5.74) is 2.89. The maximum Gasteiger partial charge on any atom is 0.319 e. The molecular weight excluding hydrogens is 328 g/mol. The number of rotatable bonds is 5. The number of nitrogens with one attached hydrogen (secondary N) is 2. The zero-order valence-corrected chi connectivity index (χ0v) is 15.4. The molecular formula is C21H26N2O3. The summed E-state index contributed by atoms with van der Waals surface area (Å²) in [6.07, 6.45) is 1.69. The van der Waals surface area contributed by atoms with Gasteiger partial charge in [0, 0.05) is 36.4 Å². The highest BCUT2D eigenvalue weighted by Crippen LogP contribution is 2.39. The topological polar surface area (TPSA) is 59.6 Å². The van der Waals surface area contributed by atoms with E-state index in [1.807, 2.05) is 49.4 Å². The van der Waals surface area contributed by atoms with Crippen molar-refractivity contribution in [3.8, 4) is 5.75 Å². The van der Waals surface area contributed by atoms with E-state index in [0.717, 1.165) is 35.4 Å². The van der Waals surface area contributed by atoms with Crippen molar-refractivity contribution in [1.82, 2.24) is 5.32 Å². The van der Waals surface area contributed by atoms with Crippen LogP contribution in [0.15, 0.2) is 48.5 Å². The van der Waals surface area contributed by atoms with E-state index in [4.69, 9.17) is 9.47 Å². The smallest absolute Gasteiger partial charge is 0.319 e. The van der Waals surface area contributed by atoms with Gasteiger partial charge in [0.2, 0.25) is 0 Å². The van der Waals surface area contributed by atoms with Gasteiger partial charge in [0.15, 0.2) is 0 Å². The van der Waals surface area contributed by atoms with Gasteiger partial charge in [-0.15, -0.1) is 0 Å². The van der Waals surface area contributed by atoms with Gasteiger partial charge >= 0.3 is 6.03 Å². The van der Waals surface area contributed by atoms with Crippen LogP contribution in [0.2, 0.25) is 0 Å². The Morgan fingerprint density at radius 1 is 1.12 bits per heavy atom. The molecule has 0 radical (unpaired) electrons. The second kappa shape index (κ2) is 8.23. The van der Waals surface area contributed by atoms with Crippen LogP contribution in [0.4, 0.5) is 10.5 Å². The van der Waals surface area contributed by atoms with Crippen molar-refractivity contribution < 1.29 is 14.3 Å². The second-order valence-electron chi connectivity index (χ2n) is 6.77. The molecule has 5 heteroatoms. The number of aryl methyl sites for hydroxylation is 1. The molecule has 1 aliphatic rings.